The highest BCUT2D eigenvalue weighted by Crippen LogP contribution is 2.27. The minimum absolute atomic E-state index is 0.118. The van der Waals surface area contributed by atoms with E-state index in [2.05, 4.69) is 4.99 Å². The third-order valence-corrected chi connectivity index (χ3v) is 5.18. The lowest BCUT2D eigenvalue weighted by molar-refractivity contribution is 0.0605. The average Bonchev–Trinajstić information content (AvgIpc) is 2.76. The Kier molecular flexibility index (Phi) is 6.63. The number of aromatic nitrogens is 1. The molecule has 2 aromatic carbocycles. The van der Waals surface area contributed by atoms with Gasteiger partial charge in [-0.1, -0.05) is 17.4 Å². The number of nitrogens with zero attached hydrogens (tertiary/aromatic N) is 2. The third-order valence-electron chi connectivity index (χ3n) is 4.18. The monoisotopic (exact) mass is 430 g/mol. The summed E-state index contributed by atoms with van der Waals surface area (Å²) in [6.45, 7) is 0.178. The van der Waals surface area contributed by atoms with E-state index in [1.54, 1.807) is 18.2 Å². The fraction of sp³-hybridized carbons (Fsp3) is 0.190. The second kappa shape index (κ2) is 9.36. The number of benzene rings is 2. The molecule has 0 radical (unpaired) electrons. The quantitative estimate of drug-likeness (QED) is 0.562. The van der Waals surface area contributed by atoms with Gasteiger partial charge < -0.3 is 14.2 Å². The number of ether oxygens (including phenoxy) is 3. The van der Waals surface area contributed by atoms with Crippen LogP contribution >= 0.6 is 11.3 Å². The summed E-state index contributed by atoms with van der Waals surface area (Å²) in [6.07, 6.45) is 0. The fourth-order valence-electron chi connectivity index (χ4n) is 2.68. The van der Waals surface area contributed by atoms with E-state index in [1.807, 2.05) is 0 Å². The molecule has 3 aromatic rings. The number of halogens is 1. The van der Waals surface area contributed by atoms with Gasteiger partial charge in [0.1, 0.15) is 10.7 Å². The lowest BCUT2D eigenvalue weighted by Gasteiger charge is -2.11. The van der Waals surface area contributed by atoms with Gasteiger partial charge in [0.25, 0.3) is 5.56 Å². The van der Waals surface area contributed by atoms with Crippen LogP contribution in [-0.2, 0) is 11.3 Å². The van der Waals surface area contributed by atoms with Crippen LogP contribution in [0.3, 0.4) is 0 Å². The van der Waals surface area contributed by atoms with Crippen molar-refractivity contribution < 1.29 is 23.4 Å². The van der Waals surface area contributed by atoms with E-state index < -0.39 is 17.3 Å². The molecule has 0 bridgehead atoms. The summed E-state index contributed by atoms with van der Waals surface area (Å²) in [7, 11) is 4.30. The van der Waals surface area contributed by atoms with Crippen molar-refractivity contribution in [2.75, 3.05) is 21.3 Å². The van der Waals surface area contributed by atoms with Crippen molar-refractivity contribution in [1.29, 1.82) is 0 Å². The summed E-state index contributed by atoms with van der Waals surface area (Å²) in [5.74, 6) is 0.0539. The lowest BCUT2D eigenvalue weighted by atomic mass is 10.2. The topological polar surface area (TPSA) is 79.1 Å². The molecule has 7 nitrogen and oxygen atoms in total. The molecule has 0 saturated carbocycles. The van der Waals surface area contributed by atoms with Crippen molar-refractivity contribution in [3.8, 4) is 11.5 Å². The summed E-state index contributed by atoms with van der Waals surface area (Å²) < 4.78 is 29.9. The van der Waals surface area contributed by atoms with Gasteiger partial charge in [-0.15, -0.1) is 0 Å². The number of rotatable bonds is 6. The Hall–Kier alpha value is -3.46. The zero-order chi connectivity index (χ0) is 21.7. The van der Waals surface area contributed by atoms with Gasteiger partial charge in [0.05, 0.1) is 33.6 Å². The van der Waals surface area contributed by atoms with E-state index in [-0.39, 0.29) is 16.2 Å². The fourth-order valence-corrected chi connectivity index (χ4v) is 3.62. The summed E-state index contributed by atoms with van der Waals surface area (Å²) in [4.78, 5) is 29.6. The molecule has 0 atom stereocenters. The first-order chi connectivity index (χ1) is 14.4. The second-order valence-corrected chi connectivity index (χ2v) is 7.10. The van der Waals surface area contributed by atoms with Crippen molar-refractivity contribution in [2.24, 2.45) is 4.99 Å². The minimum atomic E-state index is -0.633. The molecule has 0 aliphatic rings. The smallest absolute Gasteiger partial charge is 0.348 e. The molecule has 0 aliphatic carbocycles. The molecule has 1 aromatic heterocycles. The van der Waals surface area contributed by atoms with Crippen LogP contribution in [0.5, 0.6) is 11.5 Å². The van der Waals surface area contributed by atoms with Crippen molar-refractivity contribution >= 4 is 23.0 Å². The molecule has 9 heteroatoms. The van der Waals surface area contributed by atoms with Crippen LogP contribution in [-0.4, -0.2) is 31.9 Å². The number of hydrogen-bond acceptors (Lipinski definition) is 7. The van der Waals surface area contributed by atoms with Crippen molar-refractivity contribution in [3.05, 3.63) is 79.9 Å². The molecule has 0 amide bonds. The zero-order valence-electron chi connectivity index (χ0n) is 16.5. The van der Waals surface area contributed by atoms with E-state index in [1.165, 1.54) is 56.2 Å². The van der Waals surface area contributed by atoms with Crippen LogP contribution in [0.15, 0.2) is 58.3 Å². The van der Waals surface area contributed by atoms with Crippen LogP contribution in [0.25, 0.3) is 0 Å². The Morgan fingerprint density at radius 2 is 1.73 bits per heavy atom. The van der Waals surface area contributed by atoms with Crippen LogP contribution in [0, 0.1) is 5.82 Å². The van der Waals surface area contributed by atoms with Gasteiger partial charge in [-0.2, -0.15) is 0 Å². The van der Waals surface area contributed by atoms with Crippen LogP contribution in [0.2, 0.25) is 0 Å². The van der Waals surface area contributed by atoms with E-state index in [0.29, 0.717) is 17.2 Å². The predicted molar refractivity (Wildman–Crippen MR) is 110 cm³/mol. The van der Waals surface area contributed by atoms with Gasteiger partial charge >= 0.3 is 5.97 Å². The van der Waals surface area contributed by atoms with Gasteiger partial charge in [-0.25, -0.2) is 14.2 Å². The summed E-state index contributed by atoms with van der Waals surface area (Å²) in [5, 5.41) is 0. The molecule has 0 unspecified atom stereocenters. The highest BCUT2D eigenvalue weighted by atomic mass is 32.1. The van der Waals surface area contributed by atoms with E-state index in [4.69, 9.17) is 14.2 Å². The molecule has 1 heterocycles. The highest BCUT2D eigenvalue weighted by molar-refractivity contribution is 7.11. The predicted octanol–water partition coefficient (Wildman–Crippen LogP) is 3.13. The second-order valence-electron chi connectivity index (χ2n) is 6.09. The SMILES string of the molecule is COC(=O)c1cc(=O)n(Cc2ccc(OC)c(OC)c2)c(=Nc2ccc(F)cc2)s1. The van der Waals surface area contributed by atoms with Crippen molar-refractivity contribution in [1.82, 2.24) is 4.57 Å². The van der Waals surface area contributed by atoms with Gasteiger partial charge in [-0.3, -0.25) is 9.36 Å². The maximum Gasteiger partial charge on any atom is 0.348 e. The molecule has 0 saturated heterocycles. The number of esters is 1. The Labute approximate surface area is 175 Å². The summed E-state index contributed by atoms with van der Waals surface area (Å²) >= 11 is 1.00. The number of hydrogen-bond donors (Lipinski definition) is 0. The molecular formula is C21H19FN2O5S. The van der Waals surface area contributed by atoms with Gasteiger partial charge in [0.15, 0.2) is 16.3 Å². The number of carbonyl (C=O) groups excluding carboxylic acids is 1. The Morgan fingerprint density at radius 3 is 2.37 bits per heavy atom. The maximum absolute atomic E-state index is 13.2. The summed E-state index contributed by atoms with van der Waals surface area (Å²) in [6, 6.07) is 12.0. The number of carbonyl (C=O) groups is 1. The summed E-state index contributed by atoms with van der Waals surface area (Å²) in [5.41, 5.74) is 0.781. The van der Waals surface area contributed by atoms with E-state index in [9.17, 15) is 14.0 Å². The van der Waals surface area contributed by atoms with E-state index >= 15 is 0 Å². The first-order valence-electron chi connectivity index (χ1n) is 8.79. The van der Waals surface area contributed by atoms with Gasteiger partial charge in [0, 0.05) is 6.07 Å². The largest absolute Gasteiger partial charge is 0.493 e. The van der Waals surface area contributed by atoms with Gasteiger partial charge in [0.2, 0.25) is 0 Å². The van der Waals surface area contributed by atoms with Crippen LogP contribution in [0.4, 0.5) is 10.1 Å². The van der Waals surface area contributed by atoms with Crippen molar-refractivity contribution in [3.63, 3.8) is 0 Å². The van der Waals surface area contributed by atoms with Crippen LogP contribution < -0.4 is 19.8 Å². The molecule has 0 spiro atoms. The van der Waals surface area contributed by atoms with E-state index in [0.717, 1.165) is 16.9 Å². The molecule has 0 fully saturated rings. The average molecular weight is 430 g/mol. The first kappa shape index (κ1) is 21.3. The molecule has 156 valence electrons. The molecular weight excluding hydrogens is 411 g/mol. The Morgan fingerprint density at radius 1 is 1.03 bits per heavy atom. The first-order valence-corrected chi connectivity index (χ1v) is 9.61. The normalized spacial score (nSPS) is 11.3. The molecule has 30 heavy (non-hydrogen) atoms. The maximum atomic E-state index is 13.2. The van der Waals surface area contributed by atoms with Crippen LogP contribution in [0.1, 0.15) is 15.2 Å². The lowest BCUT2D eigenvalue weighted by Crippen LogP contribution is -2.33. The Bertz CT molecular complexity index is 1190. The highest BCUT2D eigenvalue weighted by Gasteiger charge is 2.13. The molecule has 0 aliphatic heterocycles. The standard InChI is InChI=1S/C21H19FN2O5S/c1-27-16-9-4-13(10-17(16)28-2)12-24-19(25)11-18(20(26)29-3)30-21(24)23-15-7-5-14(22)6-8-15/h4-11H,12H2,1-3H3. The number of methoxy groups -OCH3 is 3. The zero-order valence-corrected chi connectivity index (χ0v) is 17.4. The van der Waals surface area contributed by atoms with Crippen molar-refractivity contribution in [2.45, 2.75) is 6.54 Å². The molecule has 3 rings (SSSR count). The van der Waals surface area contributed by atoms with Gasteiger partial charge in [-0.05, 0) is 42.0 Å². The third kappa shape index (κ3) is 4.74. The Balaban J connectivity index is 2.14. The molecule has 0 N–H and O–H groups in total. The minimum Gasteiger partial charge on any atom is -0.493 e.